The van der Waals surface area contributed by atoms with Crippen molar-refractivity contribution < 1.29 is 9.72 Å². The number of nitro groups is 1. The summed E-state index contributed by atoms with van der Waals surface area (Å²) in [7, 11) is 0. The van der Waals surface area contributed by atoms with E-state index in [1.165, 1.54) is 12.1 Å². The maximum atomic E-state index is 12.3. The van der Waals surface area contributed by atoms with E-state index in [0.29, 0.717) is 20.7 Å². The normalized spacial score (nSPS) is 10.2. The number of rotatable bonds is 3. The zero-order chi connectivity index (χ0) is 15.6. The molecule has 108 valence electrons. The van der Waals surface area contributed by atoms with Crippen molar-refractivity contribution in [2.24, 2.45) is 0 Å². The summed E-state index contributed by atoms with van der Waals surface area (Å²) in [4.78, 5) is 22.5. The number of benzene rings is 2. The van der Waals surface area contributed by atoms with Gasteiger partial charge < -0.3 is 5.32 Å². The topological polar surface area (TPSA) is 72.2 Å². The Bertz CT molecular complexity index is 734. The van der Waals surface area contributed by atoms with Crippen LogP contribution in [-0.2, 0) is 0 Å². The summed E-state index contributed by atoms with van der Waals surface area (Å²) < 4.78 is 0.631. The van der Waals surface area contributed by atoms with E-state index in [4.69, 9.17) is 11.6 Å². The fourth-order valence-corrected chi connectivity index (χ4v) is 2.53. The highest BCUT2D eigenvalue weighted by molar-refractivity contribution is 9.10. The first-order valence-corrected chi connectivity index (χ1v) is 7.07. The molecule has 0 aliphatic carbocycles. The molecule has 0 spiro atoms. The molecule has 0 radical (unpaired) electrons. The van der Waals surface area contributed by atoms with Gasteiger partial charge in [-0.3, -0.25) is 14.9 Å². The number of nitrogens with zero attached hydrogens (tertiary/aromatic N) is 1. The van der Waals surface area contributed by atoms with E-state index in [1.54, 1.807) is 31.2 Å². The minimum Gasteiger partial charge on any atom is -0.321 e. The molecule has 2 rings (SSSR count). The van der Waals surface area contributed by atoms with Gasteiger partial charge in [0.1, 0.15) is 0 Å². The molecule has 0 heterocycles. The van der Waals surface area contributed by atoms with Gasteiger partial charge in [-0.15, -0.1) is 0 Å². The first kappa shape index (κ1) is 15.5. The van der Waals surface area contributed by atoms with Gasteiger partial charge in [-0.2, -0.15) is 0 Å². The van der Waals surface area contributed by atoms with Gasteiger partial charge in [0, 0.05) is 27.2 Å². The molecule has 21 heavy (non-hydrogen) atoms. The average molecular weight is 370 g/mol. The summed E-state index contributed by atoms with van der Waals surface area (Å²) in [6.07, 6.45) is 0. The molecule has 0 atom stereocenters. The highest BCUT2D eigenvalue weighted by Gasteiger charge is 2.15. The Morgan fingerprint density at radius 3 is 2.62 bits per heavy atom. The molecule has 0 saturated carbocycles. The van der Waals surface area contributed by atoms with Crippen LogP contribution in [0, 0.1) is 17.0 Å². The molecule has 0 aromatic heterocycles. The minimum atomic E-state index is -0.533. The highest BCUT2D eigenvalue weighted by atomic mass is 79.9. The average Bonchev–Trinajstić information content (AvgIpc) is 2.42. The molecule has 5 nitrogen and oxygen atoms in total. The Labute approximate surface area is 134 Å². The Morgan fingerprint density at radius 2 is 2.00 bits per heavy atom. The van der Waals surface area contributed by atoms with Crippen LogP contribution >= 0.6 is 27.5 Å². The van der Waals surface area contributed by atoms with Gasteiger partial charge >= 0.3 is 0 Å². The number of hydrogen-bond acceptors (Lipinski definition) is 3. The molecule has 7 heteroatoms. The SMILES string of the molecule is Cc1ccc([N+](=O)[O-])cc1C(=O)Nc1ccc(Cl)cc1Br. The molecule has 0 bridgehead atoms. The number of aryl methyl sites for hydroxylation is 1. The van der Waals surface area contributed by atoms with Crippen molar-refractivity contribution >= 4 is 44.8 Å². The van der Waals surface area contributed by atoms with Crippen molar-refractivity contribution in [3.8, 4) is 0 Å². The molecule has 2 aromatic rings. The zero-order valence-corrected chi connectivity index (χ0v) is 13.2. The van der Waals surface area contributed by atoms with Crippen molar-refractivity contribution in [2.75, 3.05) is 5.32 Å². The second kappa shape index (κ2) is 6.24. The lowest BCUT2D eigenvalue weighted by Gasteiger charge is -2.09. The summed E-state index contributed by atoms with van der Waals surface area (Å²) in [5.41, 5.74) is 1.32. The monoisotopic (exact) mass is 368 g/mol. The van der Waals surface area contributed by atoms with Crippen LogP contribution in [0.3, 0.4) is 0 Å². The molecule has 0 saturated heterocycles. The third-order valence-corrected chi connectivity index (χ3v) is 3.75. The second-order valence-corrected chi connectivity index (χ2v) is 5.63. The number of amides is 1. The summed E-state index contributed by atoms with van der Waals surface area (Å²) in [5, 5.41) is 14.0. The first-order valence-electron chi connectivity index (χ1n) is 5.90. The number of nitro benzene ring substituents is 1. The van der Waals surface area contributed by atoms with E-state index in [2.05, 4.69) is 21.2 Å². The summed E-state index contributed by atoms with van der Waals surface area (Å²) >= 11 is 9.13. The van der Waals surface area contributed by atoms with Crippen LogP contribution in [0.25, 0.3) is 0 Å². The number of halogens is 2. The van der Waals surface area contributed by atoms with Gasteiger partial charge in [-0.05, 0) is 46.6 Å². The minimum absolute atomic E-state index is 0.124. The fourth-order valence-electron chi connectivity index (χ4n) is 1.75. The number of nitrogens with one attached hydrogen (secondary N) is 1. The molecule has 0 fully saturated rings. The Morgan fingerprint density at radius 1 is 1.29 bits per heavy atom. The van der Waals surface area contributed by atoms with Crippen molar-refractivity contribution in [3.63, 3.8) is 0 Å². The number of non-ortho nitro benzene ring substituents is 1. The van der Waals surface area contributed by atoms with Crippen LogP contribution in [0.15, 0.2) is 40.9 Å². The molecule has 2 aromatic carbocycles. The van der Waals surface area contributed by atoms with Crippen molar-refractivity contribution in [3.05, 3.63) is 67.1 Å². The molecular weight excluding hydrogens is 360 g/mol. The molecule has 0 unspecified atom stereocenters. The van der Waals surface area contributed by atoms with Crippen LogP contribution < -0.4 is 5.32 Å². The quantitative estimate of drug-likeness (QED) is 0.636. The van der Waals surface area contributed by atoms with E-state index in [0.717, 1.165) is 0 Å². The maximum absolute atomic E-state index is 12.3. The lowest BCUT2D eigenvalue weighted by Crippen LogP contribution is -2.14. The predicted molar refractivity (Wildman–Crippen MR) is 84.9 cm³/mol. The Balaban J connectivity index is 2.32. The van der Waals surface area contributed by atoms with Crippen LogP contribution in [0.5, 0.6) is 0 Å². The van der Waals surface area contributed by atoms with Gasteiger partial charge in [0.05, 0.1) is 10.6 Å². The predicted octanol–water partition coefficient (Wildman–Crippen LogP) is 4.57. The standard InChI is InChI=1S/C14H10BrClN2O3/c1-8-2-4-10(18(20)21)7-11(8)14(19)17-13-5-3-9(16)6-12(13)15/h2-7H,1H3,(H,17,19). The number of hydrogen-bond donors (Lipinski definition) is 1. The molecular formula is C14H10BrClN2O3. The second-order valence-electron chi connectivity index (χ2n) is 4.33. The number of carbonyl (C=O) groups excluding carboxylic acids is 1. The van der Waals surface area contributed by atoms with E-state index < -0.39 is 10.8 Å². The van der Waals surface area contributed by atoms with Crippen LogP contribution in [0.1, 0.15) is 15.9 Å². The van der Waals surface area contributed by atoms with Gasteiger partial charge in [0.15, 0.2) is 0 Å². The summed E-state index contributed by atoms with van der Waals surface area (Å²) in [6, 6.07) is 9.11. The Hall–Kier alpha value is -1.92. The smallest absolute Gasteiger partial charge is 0.270 e. The van der Waals surface area contributed by atoms with Gasteiger partial charge in [0.25, 0.3) is 11.6 Å². The van der Waals surface area contributed by atoms with Crippen LogP contribution in [0.4, 0.5) is 11.4 Å². The number of anilines is 1. The first-order chi connectivity index (χ1) is 9.88. The van der Waals surface area contributed by atoms with E-state index in [-0.39, 0.29) is 11.3 Å². The molecule has 0 aliphatic rings. The van der Waals surface area contributed by atoms with Gasteiger partial charge in [0.2, 0.25) is 0 Å². The zero-order valence-electron chi connectivity index (χ0n) is 10.9. The van der Waals surface area contributed by atoms with Crippen LogP contribution in [0.2, 0.25) is 5.02 Å². The summed E-state index contributed by atoms with van der Waals surface area (Å²) in [5.74, 6) is -0.417. The molecule has 1 amide bonds. The van der Waals surface area contributed by atoms with Gasteiger partial charge in [-0.25, -0.2) is 0 Å². The number of carbonyl (C=O) groups is 1. The van der Waals surface area contributed by atoms with Gasteiger partial charge in [-0.1, -0.05) is 17.7 Å². The van der Waals surface area contributed by atoms with Crippen molar-refractivity contribution in [2.45, 2.75) is 6.92 Å². The lowest BCUT2D eigenvalue weighted by molar-refractivity contribution is -0.384. The summed E-state index contributed by atoms with van der Waals surface area (Å²) in [6.45, 7) is 1.72. The largest absolute Gasteiger partial charge is 0.321 e. The Kier molecular flexibility index (Phi) is 4.59. The third kappa shape index (κ3) is 3.59. The highest BCUT2D eigenvalue weighted by Crippen LogP contribution is 2.27. The third-order valence-electron chi connectivity index (χ3n) is 2.86. The molecule has 0 aliphatic heterocycles. The van der Waals surface area contributed by atoms with E-state index in [9.17, 15) is 14.9 Å². The lowest BCUT2D eigenvalue weighted by atomic mass is 10.1. The van der Waals surface area contributed by atoms with Crippen LogP contribution in [-0.4, -0.2) is 10.8 Å². The van der Waals surface area contributed by atoms with Crippen molar-refractivity contribution in [1.29, 1.82) is 0 Å². The van der Waals surface area contributed by atoms with Crippen molar-refractivity contribution in [1.82, 2.24) is 0 Å². The fraction of sp³-hybridized carbons (Fsp3) is 0.0714. The van der Waals surface area contributed by atoms with E-state index in [1.807, 2.05) is 0 Å². The van der Waals surface area contributed by atoms with E-state index >= 15 is 0 Å². The molecule has 1 N–H and O–H groups in total. The maximum Gasteiger partial charge on any atom is 0.270 e.